The molecule has 33 heavy (non-hydrogen) atoms. The summed E-state index contributed by atoms with van der Waals surface area (Å²) in [6.07, 6.45) is 0. The van der Waals surface area contributed by atoms with Crippen LogP contribution in [0.4, 0.5) is 0 Å². The predicted molar refractivity (Wildman–Crippen MR) is 128 cm³/mol. The Morgan fingerprint density at radius 2 is 0.939 bits per heavy atom. The molecular formula is C28H26O5. The van der Waals surface area contributed by atoms with E-state index in [0.29, 0.717) is 11.1 Å². The lowest BCUT2D eigenvalue weighted by Gasteiger charge is -2.31. The fraction of sp³-hybridized carbons (Fsp3) is 0.214. The van der Waals surface area contributed by atoms with Gasteiger partial charge < -0.3 is 14.2 Å². The van der Waals surface area contributed by atoms with Gasteiger partial charge in [0.1, 0.15) is 0 Å². The summed E-state index contributed by atoms with van der Waals surface area (Å²) in [6, 6.07) is 26.6. The number of rotatable bonds is 6. The molecule has 0 aliphatic rings. The van der Waals surface area contributed by atoms with Crippen molar-refractivity contribution in [3.05, 3.63) is 96.1 Å². The number of carbonyl (C=O) groups excluding carboxylic acids is 2. The minimum atomic E-state index is -1.50. The van der Waals surface area contributed by atoms with Crippen molar-refractivity contribution in [3.63, 3.8) is 0 Å². The van der Waals surface area contributed by atoms with E-state index in [1.165, 1.54) is 14.2 Å². The van der Waals surface area contributed by atoms with E-state index >= 15 is 0 Å². The number of methoxy groups -OCH3 is 2. The van der Waals surface area contributed by atoms with Crippen LogP contribution >= 0.6 is 0 Å². The molecule has 0 N–H and O–H groups in total. The van der Waals surface area contributed by atoms with E-state index in [2.05, 4.69) is 0 Å². The first-order chi connectivity index (χ1) is 15.8. The van der Waals surface area contributed by atoms with Gasteiger partial charge in [0.25, 0.3) is 0 Å². The van der Waals surface area contributed by atoms with E-state index in [1.807, 2.05) is 72.8 Å². The van der Waals surface area contributed by atoms with Crippen LogP contribution in [0, 0.1) is 0 Å². The first-order valence-electron chi connectivity index (χ1n) is 10.7. The number of carbonyl (C=O) groups is 2. The molecular weight excluding hydrogens is 416 g/mol. The number of benzene rings is 4. The minimum absolute atomic E-state index is 0.616. The van der Waals surface area contributed by atoms with Crippen LogP contribution < -0.4 is 0 Å². The topological polar surface area (TPSA) is 61.8 Å². The number of esters is 2. The van der Waals surface area contributed by atoms with Crippen LogP contribution in [0.1, 0.15) is 25.0 Å². The molecule has 0 aromatic heterocycles. The molecule has 4 rings (SSSR count). The van der Waals surface area contributed by atoms with Gasteiger partial charge in [-0.25, -0.2) is 9.59 Å². The summed E-state index contributed by atoms with van der Waals surface area (Å²) in [4.78, 5) is 26.8. The van der Waals surface area contributed by atoms with E-state index < -0.39 is 23.1 Å². The van der Waals surface area contributed by atoms with Crippen molar-refractivity contribution in [2.45, 2.75) is 25.0 Å². The summed E-state index contributed by atoms with van der Waals surface area (Å²) in [5.74, 6) is -1.62. The molecule has 168 valence electrons. The van der Waals surface area contributed by atoms with Crippen LogP contribution in [0.25, 0.3) is 21.5 Å². The lowest BCUT2D eigenvalue weighted by atomic mass is 9.89. The van der Waals surface area contributed by atoms with Gasteiger partial charge in [-0.1, -0.05) is 84.9 Å². The predicted octanol–water partition coefficient (Wildman–Crippen LogP) is 5.49. The third kappa shape index (κ3) is 3.80. The van der Waals surface area contributed by atoms with Crippen LogP contribution in [0.5, 0.6) is 0 Å². The van der Waals surface area contributed by atoms with E-state index in [-0.39, 0.29) is 0 Å². The van der Waals surface area contributed by atoms with Gasteiger partial charge in [-0.2, -0.15) is 0 Å². The summed E-state index contributed by atoms with van der Waals surface area (Å²) < 4.78 is 16.7. The molecule has 4 aromatic rings. The van der Waals surface area contributed by atoms with Crippen molar-refractivity contribution in [2.24, 2.45) is 0 Å². The van der Waals surface area contributed by atoms with Gasteiger partial charge in [-0.3, -0.25) is 0 Å². The van der Waals surface area contributed by atoms with Crippen LogP contribution in [0.3, 0.4) is 0 Å². The van der Waals surface area contributed by atoms with Crippen molar-refractivity contribution < 1.29 is 23.8 Å². The second-order valence-electron chi connectivity index (χ2n) is 8.21. The Morgan fingerprint density at radius 1 is 0.576 bits per heavy atom. The quantitative estimate of drug-likeness (QED) is 0.292. The molecule has 4 aromatic carbocycles. The summed E-state index contributed by atoms with van der Waals surface area (Å²) in [5.41, 5.74) is -1.76. The lowest BCUT2D eigenvalue weighted by molar-refractivity contribution is -0.188. The normalized spacial score (nSPS) is 15.0. The molecule has 0 radical (unpaired) electrons. The molecule has 0 fully saturated rings. The highest BCUT2D eigenvalue weighted by atomic mass is 16.6. The number of fused-ring (bicyclic) bond motifs is 2. The van der Waals surface area contributed by atoms with Crippen LogP contribution in [0.2, 0.25) is 0 Å². The number of hydrogen-bond acceptors (Lipinski definition) is 5. The maximum Gasteiger partial charge on any atom is 0.350 e. The standard InChI is InChI=1S/C28H26O5/c1-27(31-3,23-17-9-13-19-11-5-7-15-21(19)23)25(29)33-26(30)28(2,32-4)24-18-10-14-20-12-6-8-16-22(20)24/h5-18H,1-4H3. The summed E-state index contributed by atoms with van der Waals surface area (Å²) in [7, 11) is 2.85. The number of ether oxygens (including phenoxy) is 3. The van der Waals surface area contributed by atoms with Gasteiger partial charge in [0, 0.05) is 25.3 Å². The van der Waals surface area contributed by atoms with Crippen LogP contribution in [0.15, 0.2) is 84.9 Å². The highest BCUT2D eigenvalue weighted by molar-refractivity contribution is 6.00. The molecule has 2 unspecified atom stereocenters. The zero-order valence-corrected chi connectivity index (χ0v) is 19.1. The molecule has 0 aliphatic heterocycles. The Balaban J connectivity index is 1.72. The molecule has 5 heteroatoms. The van der Waals surface area contributed by atoms with E-state index in [4.69, 9.17) is 14.2 Å². The average molecular weight is 443 g/mol. The van der Waals surface area contributed by atoms with Gasteiger partial charge in [-0.15, -0.1) is 0 Å². The Morgan fingerprint density at radius 3 is 1.33 bits per heavy atom. The van der Waals surface area contributed by atoms with Gasteiger partial charge in [0.2, 0.25) is 0 Å². The fourth-order valence-electron chi connectivity index (χ4n) is 4.17. The smallest absolute Gasteiger partial charge is 0.350 e. The van der Waals surface area contributed by atoms with Gasteiger partial charge >= 0.3 is 11.9 Å². The Bertz CT molecular complexity index is 1230. The van der Waals surface area contributed by atoms with Crippen LogP contribution in [-0.2, 0) is 35.0 Å². The van der Waals surface area contributed by atoms with Crippen molar-refractivity contribution in [3.8, 4) is 0 Å². The van der Waals surface area contributed by atoms with Crippen molar-refractivity contribution in [1.82, 2.24) is 0 Å². The van der Waals surface area contributed by atoms with Gasteiger partial charge in [-0.05, 0) is 35.4 Å². The molecule has 0 amide bonds. The first kappa shape index (κ1) is 22.6. The fourth-order valence-corrected chi connectivity index (χ4v) is 4.17. The van der Waals surface area contributed by atoms with Crippen molar-refractivity contribution >= 4 is 33.5 Å². The molecule has 5 nitrogen and oxygen atoms in total. The summed E-state index contributed by atoms with van der Waals surface area (Å²) >= 11 is 0. The highest BCUT2D eigenvalue weighted by Crippen LogP contribution is 2.36. The molecule has 0 spiro atoms. The maximum atomic E-state index is 13.4. The second-order valence-corrected chi connectivity index (χ2v) is 8.21. The molecule has 0 heterocycles. The van der Waals surface area contributed by atoms with E-state index in [9.17, 15) is 9.59 Å². The Labute approximate surface area is 192 Å². The van der Waals surface area contributed by atoms with Crippen molar-refractivity contribution in [1.29, 1.82) is 0 Å². The molecule has 0 saturated carbocycles. The maximum absolute atomic E-state index is 13.4. The average Bonchev–Trinajstić information content (AvgIpc) is 2.86. The van der Waals surface area contributed by atoms with Crippen molar-refractivity contribution in [2.75, 3.05) is 14.2 Å². The third-order valence-electron chi connectivity index (χ3n) is 6.39. The first-order valence-corrected chi connectivity index (χ1v) is 10.7. The zero-order valence-electron chi connectivity index (χ0n) is 19.1. The van der Waals surface area contributed by atoms with E-state index in [1.54, 1.807) is 26.0 Å². The highest BCUT2D eigenvalue weighted by Gasteiger charge is 2.45. The number of hydrogen-bond donors (Lipinski definition) is 0. The monoisotopic (exact) mass is 442 g/mol. The molecule has 0 bridgehead atoms. The summed E-state index contributed by atoms with van der Waals surface area (Å²) in [6.45, 7) is 3.21. The Hall–Kier alpha value is -3.54. The van der Waals surface area contributed by atoms with E-state index in [0.717, 1.165) is 21.5 Å². The minimum Gasteiger partial charge on any atom is -0.388 e. The molecule has 0 aliphatic carbocycles. The molecule has 2 atom stereocenters. The third-order valence-corrected chi connectivity index (χ3v) is 6.39. The van der Waals surface area contributed by atoms with Gasteiger partial charge in [0.05, 0.1) is 0 Å². The Kier molecular flexibility index (Phi) is 6.02. The summed E-state index contributed by atoms with van der Waals surface area (Å²) in [5, 5.41) is 3.60. The van der Waals surface area contributed by atoms with Crippen LogP contribution in [-0.4, -0.2) is 26.2 Å². The zero-order chi connectivity index (χ0) is 23.6. The lowest BCUT2D eigenvalue weighted by Crippen LogP contribution is -2.43. The van der Waals surface area contributed by atoms with Gasteiger partial charge in [0.15, 0.2) is 11.2 Å². The second kappa shape index (κ2) is 8.77. The largest absolute Gasteiger partial charge is 0.388 e. The molecule has 0 saturated heterocycles. The SMILES string of the molecule is COC(C)(C(=O)OC(=O)C(C)(OC)c1cccc2ccccc12)c1cccc2ccccc12.